The minimum Gasteiger partial charge on any atom is -0.496 e. The van der Waals surface area contributed by atoms with Crippen LogP contribution in [0.3, 0.4) is 0 Å². The lowest BCUT2D eigenvalue weighted by molar-refractivity contribution is 0.0931. The number of aromatic nitrogens is 3. The minimum absolute atomic E-state index is 0.0328. The van der Waals surface area contributed by atoms with E-state index in [9.17, 15) is 4.79 Å². The largest absolute Gasteiger partial charge is 0.496 e. The Morgan fingerprint density at radius 1 is 1.27 bits per heavy atom. The number of thiophene rings is 1. The van der Waals surface area contributed by atoms with E-state index in [1.807, 2.05) is 39.7 Å². The van der Waals surface area contributed by atoms with E-state index in [4.69, 9.17) is 14.6 Å². The van der Waals surface area contributed by atoms with E-state index < -0.39 is 0 Å². The lowest BCUT2D eigenvalue weighted by atomic mass is 9.96. The minimum atomic E-state index is -0.196. The topological polar surface area (TPSA) is 78.3 Å². The van der Waals surface area contributed by atoms with Gasteiger partial charge in [-0.1, -0.05) is 20.8 Å². The number of nitrogens with one attached hydrogen (secondary N) is 1. The number of benzene rings is 1. The van der Waals surface area contributed by atoms with Crippen molar-refractivity contribution in [1.29, 1.82) is 0 Å². The average Bonchev–Trinajstić information content (AvgIpc) is 3.56. The van der Waals surface area contributed by atoms with Crippen LogP contribution < -0.4 is 14.8 Å². The Balaban J connectivity index is 1.68. The van der Waals surface area contributed by atoms with Gasteiger partial charge in [0.15, 0.2) is 5.69 Å². The number of rotatable bonds is 5. The molecule has 0 saturated heterocycles. The summed E-state index contributed by atoms with van der Waals surface area (Å²) in [7, 11) is 1.65. The summed E-state index contributed by atoms with van der Waals surface area (Å²) in [6.45, 7) is 7.06. The van der Waals surface area contributed by atoms with Gasteiger partial charge < -0.3 is 14.8 Å². The first-order valence-corrected chi connectivity index (χ1v) is 12.3. The number of nitrogens with zero attached hydrogens (tertiary/aromatic N) is 3. The van der Waals surface area contributed by atoms with E-state index in [-0.39, 0.29) is 17.9 Å². The molecule has 170 valence electrons. The van der Waals surface area contributed by atoms with Crippen LogP contribution in [0.15, 0.2) is 41.2 Å². The first-order chi connectivity index (χ1) is 15.9. The molecule has 4 aromatic rings. The summed E-state index contributed by atoms with van der Waals surface area (Å²) in [4.78, 5) is 14.1. The van der Waals surface area contributed by atoms with Crippen molar-refractivity contribution < 1.29 is 14.3 Å². The molecule has 0 fully saturated rings. The summed E-state index contributed by atoms with van der Waals surface area (Å²) in [6.07, 6.45) is 1.77. The van der Waals surface area contributed by atoms with Crippen molar-refractivity contribution in [3.05, 3.63) is 52.5 Å². The van der Waals surface area contributed by atoms with Crippen molar-refractivity contribution >= 4 is 28.8 Å². The summed E-state index contributed by atoms with van der Waals surface area (Å²) < 4.78 is 17.8. The third-order valence-electron chi connectivity index (χ3n) is 5.36. The summed E-state index contributed by atoms with van der Waals surface area (Å²) >= 11 is 2.99. The van der Waals surface area contributed by atoms with Crippen molar-refractivity contribution in [2.24, 2.45) is 5.41 Å². The third-order valence-corrected chi connectivity index (χ3v) is 6.81. The van der Waals surface area contributed by atoms with Gasteiger partial charge >= 0.3 is 0 Å². The Kier molecular flexibility index (Phi) is 5.46. The average molecular weight is 481 g/mol. The predicted molar refractivity (Wildman–Crippen MR) is 131 cm³/mol. The molecule has 33 heavy (non-hydrogen) atoms. The molecule has 4 heterocycles. The van der Waals surface area contributed by atoms with Crippen LogP contribution in [-0.2, 0) is 6.61 Å². The van der Waals surface area contributed by atoms with E-state index in [0.717, 1.165) is 32.9 Å². The zero-order chi connectivity index (χ0) is 23.2. The second-order valence-electron chi connectivity index (χ2n) is 9.03. The highest BCUT2D eigenvalue weighted by atomic mass is 32.1. The molecule has 0 spiro atoms. The van der Waals surface area contributed by atoms with Gasteiger partial charge in [0.05, 0.1) is 23.4 Å². The van der Waals surface area contributed by atoms with Gasteiger partial charge in [0.1, 0.15) is 18.1 Å². The smallest absolute Gasteiger partial charge is 0.272 e. The maximum atomic E-state index is 13.1. The summed E-state index contributed by atoms with van der Waals surface area (Å²) in [5.74, 6) is 1.22. The fraction of sp³-hybridized carbons (Fsp3) is 0.292. The zero-order valence-electron chi connectivity index (χ0n) is 18.8. The fourth-order valence-electron chi connectivity index (χ4n) is 3.77. The highest BCUT2D eigenvalue weighted by Gasteiger charge is 2.32. The maximum absolute atomic E-state index is 13.1. The summed E-state index contributed by atoms with van der Waals surface area (Å²) in [5.41, 5.74) is 4.70. The van der Waals surface area contributed by atoms with E-state index >= 15 is 0 Å². The number of methoxy groups -OCH3 is 1. The van der Waals surface area contributed by atoms with E-state index in [1.54, 1.807) is 24.6 Å². The Bertz CT molecular complexity index is 1300. The molecule has 3 aromatic heterocycles. The number of amides is 1. The van der Waals surface area contributed by atoms with Crippen LogP contribution in [0.1, 0.15) is 36.8 Å². The third kappa shape index (κ3) is 4.02. The summed E-state index contributed by atoms with van der Waals surface area (Å²) in [5, 5.41) is 11.8. The van der Waals surface area contributed by atoms with Gasteiger partial charge in [-0.25, -0.2) is 9.06 Å². The zero-order valence-corrected chi connectivity index (χ0v) is 20.5. The molecule has 0 saturated carbocycles. The molecule has 1 N–H and O–H groups in total. The standard InChI is InChI=1S/C24H24N4O3S2/c1-24(2,3)13-25-23(29)21-17-11-31-19-10-18(30-4)15(20-5-7-26-33-20)9-16(19)22(17)28(27-21)14-6-8-32-12-14/h5-10,12H,11,13H2,1-4H3,(H,25,29). The molecule has 0 atom stereocenters. The van der Waals surface area contributed by atoms with Gasteiger partial charge in [-0.15, -0.1) is 0 Å². The van der Waals surface area contributed by atoms with Crippen LogP contribution in [0.4, 0.5) is 0 Å². The molecule has 0 radical (unpaired) electrons. The maximum Gasteiger partial charge on any atom is 0.272 e. The first-order valence-electron chi connectivity index (χ1n) is 10.5. The van der Waals surface area contributed by atoms with Gasteiger partial charge in [0, 0.05) is 40.9 Å². The number of hydrogen-bond acceptors (Lipinski definition) is 7. The van der Waals surface area contributed by atoms with Crippen LogP contribution in [-0.4, -0.2) is 33.7 Å². The second kappa shape index (κ2) is 8.31. The van der Waals surface area contributed by atoms with Crippen LogP contribution in [0.25, 0.3) is 27.4 Å². The lowest BCUT2D eigenvalue weighted by Gasteiger charge is -2.22. The van der Waals surface area contributed by atoms with Crippen LogP contribution in [0.2, 0.25) is 0 Å². The van der Waals surface area contributed by atoms with Gasteiger partial charge in [0.25, 0.3) is 5.91 Å². The Morgan fingerprint density at radius 2 is 2.12 bits per heavy atom. The van der Waals surface area contributed by atoms with E-state index in [2.05, 4.69) is 30.5 Å². The molecule has 1 aromatic carbocycles. The van der Waals surface area contributed by atoms with E-state index in [0.29, 0.717) is 23.7 Å². The highest BCUT2D eigenvalue weighted by Crippen LogP contribution is 2.46. The monoisotopic (exact) mass is 480 g/mol. The number of fused-ring (bicyclic) bond motifs is 3. The molecule has 7 nitrogen and oxygen atoms in total. The Hall–Kier alpha value is -3.17. The van der Waals surface area contributed by atoms with Crippen LogP contribution >= 0.6 is 22.9 Å². The van der Waals surface area contributed by atoms with Gasteiger partial charge in [0.2, 0.25) is 0 Å². The SMILES string of the molecule is COc1cc2c(cc1-c1ccns1)-c1c(c(C(=O)NCC(C)(C)C)nn1-c1ccsc1)CO2. The normalized spacial score (nSPS) is 12.6. The predicted octanol–water partition coefficient (Wildman–Crippen LogP) is 5.40. The Morgan fingerprint density at radius 3 is 2.79 bits per heavy atom. The number of carbonyl (C=O) groups is 1. The number of ether oxygens (including phenoxy) is 2. The van der Waals surface area contributed by atoms with Crippen molar-refractivity contribution in [3.63, 3.8) is 0 Å². The Labute approximate surface area is 200 Å². The molecule has 1 aliphatic heterocycles. The lowest BCUT2D eigenvalue weighted by Crippen LogP contribution is -2.33. The molecule has 0 unspecified atom stereocenters. The number of carbonyl (C=O) groups excluding carboxylic acids is 1. The molecule has 5 rings (SSSR count). The van der Waals surface area contributed by atoms with Crippen molar-refractivity contribution in [2.75, 3.05) is 13.7 Å². The van der Waals surface area contributed by atoms with Gasteiger partial charge in [-0.3, -0.25) is 4.79 Å². The molecule has 0 aliphatic carbocycles. The molecule has 0 bridgehead atoms. The molecule has 1 aliphatic rings. The van der Waals surface area contributed by atoms with Crippen LogP contribution in [0, 0.1) is 5.41 Å². The van der Waals surface area contributed by atoms with Crippen LogP contribution in [0.5, 0.6) is 11.5 Å². The van der Waals surface area contributed by atoms with Crippen molar-refractivity contribution in [3.8, 4) is 38.9 Å². The van der Waals surface area contributed by atoms with Gasteiger partial charge in [-0.2, -0.15) is 16.4 Å². The fourth-order valence-corrected chi connectivity index (χ4v) is 5.00. The molecular formula is C24H24N4O3S2. The first kappa shape index (κ1) is 21.7. The van der Waals surface area contributed by atoms with Gasteiger partial charge in [-0.05, 0) is 40.5 Å². The summed E-state index contributed by atoms with van der Waals surface area (Å²) in [6, 6.07) is 7.90. The van der Waals surface area contributed by atoms with Crippen molar-refractivity contribution in [1.82, 2.24) is 19.5 Å². The van der Waals surface area contributed by atoms with E-state index in [1.165, 1.54) is 11.5 Å². The highest BCUT2D eigenvalue weighted by molar-refractivity contribution is 7.09. The quantitative estimate of drug-likeness (QED) is 0.414. The molecular weight excluding hydrogens is 456 g/mol. The molecule has 9 heteroatoms. The molecule has 1 amide bonds. The number of hydrogen-bond donors (Lipinski definition) is 1. The van der Waals surface area contributed by atoms with Crippen molar-refractivity contribution in [2.45, 2.75) is 27.4 Å². The second-order valence-corrected chi connectivity index (χ2v) is 10.6.